The van der Waals surface area contributed by atoms with Gasteiger partial charge in [-0.05, 0) is 37.6 Å². The lowest BCUT2D eigenvalue weighted by Crippen LogP contribution is -2.26. The van der Waals surface area contributed by atoms with Gasteiger partial charge < -0.3 is 9.47 Å². The van der Waals surface area contributed by atoms with Crippen LogP contribution in [-0.4, -0.2) is 30.1 Å². The van der Waals surface area contributed by atoms with Crippen LogP contribution in [-0.2, 0) is 19.1 Å². The van der Waals surface area contributed by atoms with E-state index in [4.69, 9.17) is 9.47 Å². The number of benzene rings is 2. The van der Waals surface area contributed by atoms with Crippen molar-refractivity contribution in [3.8, 4) is 11.8 Å². The Kier molecular flexibility index (Phi) is 7.28. The second-order valence-corrected chi connectivity index (χ2v) is 5.58. The van der Waals surface area contributed by atoms with Gasteiger partial charge in [-0.3, -0.25) is 19.7 Å². The maximum absolute atomic E-state index is 12.4. The Morgan fingerprint density at radius 3 is 2.07 bits per heavy atom. The van der Waals surface area contributed by atoms with E-state index in [1.807, 2.05) is 0 Å². The molecule has 7 nitrogen and oxygen atoms in total. The summed E-state index contributed by atoms with van der Waals surface area (Å²) in [5.41, 5.74) is 1.38. The number of ether oxygens (including phenoxy) is 2. The number of rotatable bonds is 6. The van der Waals surface area contributed by atoms with Gasteiger partial charge in [0.05, 0.1) is 18.1 Å². The summed E-state index contributed by atoms with van der Waals surface area (Å²) in [6.45, 7) is 3.57. The van der Waals surface area contributed by atoms with Gasteiger partial charge in [-0.15, -0.1) is 0 Å². The van der Waals surface area contributed by atoms with E-state index in [9.17, 15) is 19.7 Å². The van der Waals surface area contributed by atoms with Gasteiger partial charge in [0, 0.05) is 23.3 Å². The summed E-state index contributed by atoms with van der Waals surface area (Å²) in [4.78, 5) is 34.9. The minimum atomic E-state index is -1.23. The molecule has 0 aromatic heterocycles. The average molecular weight is 381 g/mol. The Balaban J connectivity index is 2.41. The van der Waals surface area contributed by atoms with E-state index in [0.717, 1.165) is 0 Å². The van der Waals surface area contributed by atoms with Crippen molar-refractivity contribution in [2.24, 2.45) is 0 Å². The molecule has 0 aliphatic carbocycles. The van der Waals surface area contributed by atoms with Gasteiger partial charge in [0.25, 0.3) is 5.69 Å². The van der Waals surface area contributed by atoms with E-state index in [2.05, 4.69) is 11.8 Å². The Labute approximate surface area is 162 Å². The average Bonchev–Trinajstić information content (AvgIpc) is 2.68. The lowest BCUT2D eigenvalue weighted by molar-refractivity contribution is -0.384. The van der Waals surface area contributed by atoms with Gasteiger partial charge in [-0.2, -0.15) is 0 Å². The Bertz CT molecular complexity index is 906. The molecular formula is C21H19NO6. The van der Waals surface area contributed by atoms with Crippen molar-refractivity contribution in [2.45, 2.75) is 19.8 Å². The molecule has 2 aromatic rings. The van der Waals surface area contributed by atoms with Crippen LogP contribution < -0.4 is 0 Å². The van der Waals surface area contributed by atoms with Gasteiger partial charge in [0.1, 0.15) is 0 Å². The topological polar surface area (TPSA) is 95.7 Å². The van der Waals surface area contributed by atoms with Crippen LogP contribution in [0.1, 0.15) is 36.5 Å². The van der Waals surface area contributed by atoms with Crippen LogP contribution >= 0.6 is 0 Å². The van der Waals surface area contributed by atoms with Crippen LogP contribution in [0.2, 0.25) is 0 Å². The van der Waals surface area contributed by atoms with Gasteiger partial charge in [-0.1, -0.05) is 30.0 Å². The summed E-state index contributed by atoms with van der Waals surface area (Å²) >= 11 is 0. The fourth-order valence-electron chi connectivity index (χ4n) is 2.47. The number of esters is 2. The second-order valence-electron chi connectivity index (χ2n) is 5.58. The highest BCUT2D eigenvalue weighted by molar-refractivity contribution is 6.01. The van der Waals surface area contributed by atoms with Gasteiger partial charge in [0.15, 0.2) is 5.92 Å². The summed E-state index contributed by atoms with van der Waals surface area (Å²) in [5, 5.41) is 10.7. The molecule has 0 bridgehead atoms. The summed E-state index contributed by atoms with van der Waals surface area (Å²) in [6.07, 6.45) is 0. The van der Waals surface area contributed by atoms with E-state index in [-0.39, 0.29) is 18.9 Å². The van der Waals surface area contributed by atoms with Crippen LogP contribution in [0.4, 0.5) is 5.69 Å². The third-order valence-corrected chi connectivity index (χ3v) is 3.74. The molecule has 0 amide bonds. The molecule has 0 heterocycles. The minimum absolute atomic E-state index is 0.0318. The second kappa shape index (κ2) is 9.88. The highest BCUT2D eigenvalue weighted by Crippen LogP contribution is 2.23. The normalized spacial score (nSPS) is 9.96. The number of hydrogen-bond donors (Lipinski definition) is 0. The van der Waals surface area contributed by atoms with Crippen molar-refractivity contribution >= 4 is 17.6 Å². The first-order valence-corrected chi connectivity index (χ1v) is 8.66. The number of nitro benzene ring substituents is 1. The van der Waals surface area contributed by atoms with E-state index in [0.29, 0.717) is 16.7 Å². The van der Waals surface area contributed by atoms with Crippen molar-refractivity contribution in [3.05, 3.63) is 75.3 Å². The molecule has 0 atom stereocenters. The standard InChI is InChI=1S/C21H19NO6/c1-3-27-20(23)19(21(24)28-4-2)18-8-6-5-7-16(18)12-9-15-10-13-17(14-11-15)22(25)26/h5-8,10-11,13-14,19H,3-4H2,1-2H3. The first kappa shape index (κ1) is 20.6. The number of carbonyl (C=O) groups is 2. The Morgan fingerprint density at radius 2 is 1.54 bits per heavy atom. The third kappa shape index (κ3) is 5.17. The van der Waals surface area contributed by atoms with Crippen molar-refractivity contribution in [1.82, 2.24) is 0 Å². The first-order valence-electron chi connectivity index (χ1n) is 8.66. The molecule has 2 rings (SSSR count). The SMILES string of the molecule is CCOC(=O)C(C(=O)OCC)c1ccccc1C#Cc1ccc([N+](=O)[O-])cc1. The zero-order valence-corrected chi connectivity index (χ0v) is 15.5. The molecule has 0 saturated carbocycles. The van der Waals surface area contributed by atoms with E-state index in [1.54, 1.807) is 38.1 Å². The molecule has 0 unspecified atom stereocenters. The lowest BCUT2D eigenvalue weighted by Gasteiger charge is -2.16. The largest absolute Gasteiger partial charge is 0.465 e. The molecule has 144 valence electrons. The Hall–Kier alpha value is -3.66. The zero-order valence-electron chi connectivity index (χ0n) is 15.5. The van der Waals surface area contributed by atoms with Crippen LogP contribution in [0.15, 0.2) is 48.5 Å². The summed E-state index contributed by atoms with van der Waals surface area (Å²) in [6, 6.07) is 12.5. The number of nitro groups is 1. The van der Waals surface area contributed by atoms with Crippen LogP contribution in [0.3, 0.4) is 0 Å². The van der Waals surface area contributed by atoms with Gasteiger partial charge in [-0.25, -0.2) is 0 Å². The molecule has 28 heavy (non-hydrogen) atoms. The molecule has 0 radical (unpaired) electrons. The van der Waals surface area contributed by atoms with Crippen LogP contribution in [0.5, 0.6) is 0 Å². The number of hydrogen-bond acceptors (Lipinski definition) is 6. The van der Waals surface area contributed by atoms with Crippen LogP contribution in [0.25, 0.3) is 0 Å². The van der Waals surface area contributed by atoms with Gasteiger partial charge in [0.2, 0.25) is 0 Å². The molecule has 0 spiro atoms. The fourth-order valence-corrected chi connectivity index (χ4v) is 2.47. The third-order valence-electron chi connectivity index (χ3n) is 3.74. The summed E-state index contributed by atoms with van der Waals surface area (Å²) in [5.74, 6) is 3.16. The highest BCUT2D eigenvalue weighted by Gasteiger charge is 2.32. The molecule has 0 fully saturated rings. The number of non-ortho nitro benzene ring substituents is 1. The molecule has 2 aromatic carbocycles. The molecule has 7 heteroatoms. The van der Waals surface area contributed by atoms with Crippen molar-refractivity contribution < 1.29 is 24.0 Å². The van der Waals surface area contributed by atoms with E-state index in [1.165, 1.54) is 24.3 Å². The molecule has 0 aliphatic rings. The fraction of sp³-hybridized carbons (Fsp3) is 0.238. The van der Waals surface area contributed by atoms with Crippen LogP contribution in [0, 0.1) is 22.0 Å². The Morgan fingerprint density at radius 1 is 0.964 bits per heavy atom. The number of carbonyl (C=O) groups excluding carboxylic acids is 2. The smallest absolute Gasteiger partial charge is 0.324 e. The predicted molar refractivity (Wildman–Crippen MR) is 102 cm³/mol. The lowest BCUT2D eigenvalue weighted by atomic mass is 9.94. The molecular weight excluding hydrogens is 362 g/mol. The molecule has 0 N–H and O–H groups in total. The summed E-state index contributed by atoms with van der Waals surface area (Å²) < 4.78 is 10.1. The summed E-state index contributed by atoms with van der Waals surface area (Å²) in [7, 11) is 0. The number of nitrogens with zero attached hydrogens (tertiary/aromatic N) is 1. The minimum Gasteiger partial charge on any atom is -0.465 e. The first-order chi connectivity index (χ1) is 13.5. The zero-order chi connectivity index (χ0) is 20.5. The predicted octanol–water partition coefficient (Wildman–Crippen LogP) is 3.20. The quantitative estimate of drug-likeness (QED) is 0.251. The highest BCUT2D eigenvalue weighted by atomic mass is 16.6. The van der Waals surface area contributed by atoms with E-state index >= 15 is 0 Å². The molecule has 0 saturated heterocycles. The van der Waals surface area contributed by atoms with Gasteiger partial charge >= 0.3 is 11.9 Å². The van der Waals surface area contributed by atoms with Crippen molar-refractivity contribution in [3.63, 3.8) is 0 Å². The maximum Gasteiger partial charge on any atom is 0.324 e. The maximum atomic E-state index is 12.4. The monoisotopic (exact) mass is 381 g/mol. The molecule has 0 aliphatic heterocycles. The van der Waals surface area contributed by atoms with E-state index < -0.39 is 22.8 Å². The van der Waals surface area contributed by atoms with Crippen molar-refractivity contribution in [2.75, 3.05) is 13.2 Å². The van der Waals surface area contributed by atoms with Crippen molar-refractivity contribution in [1.29, 1.82) is 0 Å².